The van der Waals surface area contributed by atoms with Crippen LogP contribution in [0.25, 0.3) is 0 Å². The van der Waals surface area contributed by atoms with Crippen LogP contribution in [0, 0.1) is 0 Å². The lowest BCUT2D eigenvalue weighted by atomic mass is 9.93. The number of nitrogens with zero attached hydrogens (tertiary/aromatic N) is 4. The normalized spacial score (nSPS) is 20.8. The van der Waals surface area contributed by atoms with E-state index in [4.69, 9.17) is 4.74 Å². The average Bonchev–Trinajstić information content (AvgIpc) is 3.35. The summed E-state index contributed by atoms with van der Waals surface area (Å²) in [4.78, 5) is 30.0. The van der Waals surface area contributed by atoms with Gasteiger partial charge in [0.25, 0.3) is 5.95 Å². The van der Waals surface area contributed by atoms with Gasteiger partial charge in [-0.25, -0.2) is 9.58 Å². The second-order valence-corrected chi connectivity index (χ2v) is 7.44. The molecule has 0 aliphatic carbocycles. The second-order valence-electron chi connectivity index (χ2n) is 7.44. The Morgan fingerprint density at radius 2 is 1.67 bits per heavy atom. The molecule has 8 heteroatoms. The van der Waals surface area contributed by atoms with E-state index < -0.39 is 0 Å². The van der Waals surface area contributed by atoms with E-state index in [9.17, 15) is 9.59 Å². The molecule has 8 nitrogen and oxygen atoms in total. The van der Waals surface area contributed by atoms with Crippen molar-refractivity contribution >= 4 is 23.7 Å². The molecule has 2 atom stereocenters. The zero-order valence-corrected chi connectivity index (χ0v) is 16.5. The molecule has 2 amide bonds. The van der Waals surface area contributed by atoms with Gasteiger partial charge in [0.2, 0.25) is 17.8 Å². The minimum atomic E-state index is -0.261. The van der Waals surface area contributed by atoms with Crippen LogP contribution in [0.3, 0.4) is 0 Å². The first-order valence-corrected chi connectivity index (χ1v) is 9.92. The third kappa shape index (κ3) is 3.10. The number of imide groups is 1. The summed E-state index contributed by atoms with van der Waals surface area (Å²) in [5.41, 5.74) is 2.19. The molecule has 2 aromatic carbocycles. The molecule has 1 saturated heterocycles. The number of carbonyl (C=O) groups excluding carboxylic acids is 2. The zero-order chi connectivity index (χ0) is 20.7. The van der Waals surface area contributed by atoms with Gasteiger partial charge in [-0.1, -0.05) is 42.5 Å². The standard InChI is InChI=1S/C22H21N5O3/c1-30-16-9-7-15(8-10-16)18-13-17(14-5-3-2-4-6-14)23-21-24-22(25-27(18)21)26-19(28)11-12-20(26)29/h2-10,17-18H,11-13H2,1H3,(H,23,24,25)/t17-,18-/m1/s1. The molecule has 30 heavy (non-hydrogen) atoms. The average molecular weight is 403 g/mol. The van der Waals surface area contributed by atoms with Crippen molar-refractivity contribution in [2.45, 2.75) is 31.3 Å². The first kappa shape index (κ1) is 18.4. The number of benzene rings is 2. The lowest BCUT2D eigenvalue weighted by Crippen LogP contribution is -2.30. The van der Waals surface area contributed by atoms with Crippen LogP contribution in [0.4, 0.5) is 11.9 Å². The molecule has 1 aromatic heterocycles. The van der Waals surface area contributed by atoms with Gasteiger partial charge >= 0.3 is 0 Å². The number of aromatic nitrogens is 3. The fourth-order valence-corrected chi connectivity index (χ4v) is 4.07. The van der Waals surface area contributed by atoms with Gasteiger partial charge in [0.1, 0.15) is 5.75 Å². The number of carbonyl (C=O) groups is 2. The first-order chi connectivity index (χ1) is 14.6. The topological polar surface area (TPSA) is 89.3 Å². The molecule has 1 fully saturated rings. The third-order valence-corrected chi connectivity index (χ3v) is 5.63. The van der Waals surface area contributed by atoms with Crippen molar-refractivity contribution < 1.29 is 14.3 Å². The van der Waals surface area contributed by atoms with Crippen LogP contribution >= 0.6 is 0 Å². The third-order valence-electron chi connectivity index (χ3n) is 5.63. The van der Waals surface area contributed by atoms with Crippen LogP contribution in [0.2, 0.25) is 0 Å². The molecule has 0 bridgehead atoms. The maximum absolute atomic E-state index is 12.2. The van der Waals surface area contributed by atoms with Crippen LogP contribution in [-0.2, 0) is 9.59 Å². The second kappa shape index (κ2) is 7.29. The number of anilines is 2. The number of ether oxygens (including phenoxy) is 1. The van der Waals surface area contributed by atoms with Gasteiger partial charge in [-0.05, 0) is 29.7 Å². The van der Waals surface area contributed by atoms with Crippen molar-refractivity contribution in [1.82, 2.24) is 14.8 Å². The molecule has 3 heterocycles. The van der Waals surface area contributed by atoms with Crippen molar-refractivity contribution in [3.05, 3.63) is 65.7 Å². The van der Waals surface area contributed by atoms with Crippen LogP contribution in [0.15, 0.2) is 54.6 Å². The highest BCUT2D eigenvalue weighted by atomic mass is 16.5. The number of amides is 2. The lowest BCUT2D eigenvalue weighted by molar-refractivity contribution is -0.121. The molecule has 152 valence electrons. The first-order valence-electron chi connectivity index (χ1n) is 9.92. The quantitative estimate of drug-likeness (QED) is 0.674. The highest BCUT2D eigenvalue weighted by Crippen LogP contribution is 2.39. The van der Waals surface area contributed by atoms with Crippen molar-refractivity contribution in [1.29, 1.82) is 0 Å². The van der Waals surface area contributed by atoms with Crippen molar-refractivity contribution in [3.63, 3.8) is 0 Å². The van der Waals surface area contributed by atoms with E-state index in [1.54, 1.807) is 11.8 Å². The van der Waals surface area contributed by atoms with Gasteiger partial charge in [0.05, 0.1) is 19.2 Å². The minimum Gasteiger partial charge on any atom is -0.497 e. The molecule has 0 unspecified atom stereocenters. The van der Waals surface area contributed by atoms with Crippen molar-refractivity contribution in [3.8, 4) is 5.75 Å². The van der Waals surface area contributed by atoms with Crippen LogP contribution < -0.4 is 15.0 Å². The Hall–Kier alpha value is -3.68. The van der Waals surface area contributed by atoms with Gasteiger partial charge in [-0.3, -0.25) is 9.59 Å². The molecule has 2 aliphatic rings. The Bertz CT molecular complexity index is 1080. The van der Waals surface area contributed by atoms with E-state index >= 15 is 0 Å². The fourth-order valence-electron chi connectivity index (χ4n) is 4.07. The summed E-state index contributed by atoms with van der Waals surface area (Å²) < 4.78 is 7.06. The minimum absolute atomic E-state index is 0.0211. The highest BCUT2D eigenvalue weighted by molar-refractivity contribution is 6.18. The van der Waals surface area contributed by atoms with E-state index in [2.05, 4.69) is 27.5 Å². The Labute approximate surface area is 173 Å². The number of rotatable bonds is 4. The predicted octanol–water partition coefficient (Wildman–Crippen LogP) is 3.09. The molecule has 5 rings (SSSR count). The molecular formula is C22H21N5O3. The van der Waals surface area contributed by atoms with Gasteiger partial charge in [0, 0.05) is 12.8 Å². The van der Waals surface area contributed by atoms with Crippen LogP contribution in [-0.4, -0.2) is 33.7 Å². The van der Waals surface area contributed by atoms with Gasteiger partial charge in [-0.2, -0.15) is 4.98 Å². The number of fused-ring (bicyclic) bond motifs is 1. The highest BCUT2D eigenvalue weighted by Gasteiger charge is 2.37. The molecule has 0 spiro atoms. The number of hydrogen-bond donors (Lipinski definition) is 1. The summed E-state index contributed by atoms with van der Waals surface area (Å²) in [6.07, 6.45) is 1.14. The Morgan fingerprint density at radius 3 is 2.33 bits per heavy atom. The van der Waals surface area contributed by atoms with E-state index in [0.717, 1.165) is 28.2 Å². The molecular weight excluding hydrogens is 382 g/mol. The largest absolute Gasteiger partial charge is 0.497 e. The monoisotopic (exact) mass is 403 g/mol. The predicted molar refractivity (Wildman–Crippen MR) is 110 cm³/mol. The summed E-state index contributed by atoms with van der Waals surface area (Å²) in [6.45, 7) is 0. The van der Waals surface area contributed by atoms with Crippen LogP contribution in [0.5, 0.6) is 5.75 Å². The summed E-state index contributed by atoms with van der Waals surface area (Å²) in [5.74, 6) is 0.933. The van der Waals surface area contributed by atoms with E-state index in [1.807, 2.05) is 42.5 Å². The van der Waals surface area contributed by atoms with Gasteiger partial charge in [-0.15, -0.1) is 5.10 Å². The number of nitrogens with one attached hydrogen (secondary N) is 1. The van der Waals surface area contributed by atoms with Gasteiger partial charge < -0.3 is 10.1 Å². The number of hydrogen-bond acceptors (Lipinski definition) is 6. The zero-order valence-electron chi connectivity index (χ0n) is 16.5. The maximum Gasteiger partial charge on any atom is 0.260 e. The lowest BCUT2D eigenvalue weighted by Gasteiger charge is -2.31. The summed E-state index contributed by atoms with van der Waals surface area (Å²) >= 11 is 0. The van der Waals surface area contributed by atoms with Crippen molar-refractivity contribution in [2.75, 3.05) is 17.3 Å². The molecule has 2 aliphatic heterocycles. The molecule has 3 aromatic rings. The fraction of sp³-hybridized carbons (Fsp3) is 0.273. The summed E-state index contributed by atoms with van der Waals surface area (Å²) in [7, 11) is 1.64. The van der Waals surface area contributed by atoms with E-state index in [-0.39, 0.29) is 42.7 Å². The smallest absolute Gasteiger partial charge is 0.260 e. The Balaban J connectivity index is 1.57. The SMILES string of the molecule is COc1ccc([C@H]2C[C@H](c3ccccc3)Nc3nc(N4C(=O)CCC4=O)nn32)cc1. The summed E-state index contributed by atoms with van der Waals surface area (Å²) in [5, 5.41) is 7.98. The van der Waals surface area contributed by atoms with E-state index in [0.29, 0.717) is 5.95 Å². The maximum atomic E-state index is 12.2. The Morgan fingerprint density at radius 1 is 0.967 bits per heavy atom. The molecule has 0 radical (unpaired) electrons. The number of methoxy groups -OCH3 is 1. The Kier molecular flexibility index (Phi) is 4.46. The molecule has 0 saturated carbocycles. The molecule has 1 N–H and O–H groups in total. The van der Waals surface area contributed by atoms with Crippen molar-refractivity contribution in [2.24, 2.45) is 0 Å². The van der Waals surface area contributed by atoms with Gasteiger partial charge in [0.15, 0.2) is 0 Å². The summed E-state index contributed by atoms with van der Waals surface area (Å²) in [6, 6.07) is 17.9. The van der Waals surface area contributed by atoms with Crippen LogP contribution in [0.1, 0.15) is 42.5 Å². The van der Waals surface area contributed by atoms with E-state index in [1.165, 1.54) is 0 Å².